The molecule has 2 nitrogen and oxygen atoms in total. The Labute approximate surface area is 123 Å². The molecule has 2 rings (SSSR count). The maximum absolute atomic E-state index is 13.7. The van der Waals surface area contributed by atoms with Crippen molar-refractivity contribution in [2.45, 2.75) is 13.1 Å². The largest absolute Gasteiger partial charge is 0.298 e. The minimum Gasteiger partial charge on any atom is -0.298 e. The molecule has 0 atom stereocenters. The minimum atomic E-state index is -0.296. The number of nitrogens with zero attached hydrogens (tertiary/aromatic N) is 2. The Morgan fingerprint density at radius 3 is 2.65 bits per heavy atom. The zero-order valence-corrected chi connectivity index (χ0v) is 11.9. The summed E-state index contributed by atoms with van der Waals surface area (Å²) >= 11 is 6.01. The Balaban J connectivity index is 2.09. The highest BCUT2D eigenvalue weighted by Gasteiger charge is 2.10. The molecule has 2 aromatic carbocycles. The van der Waals surface area contributed by atoms with Gasteiger partial charge in [-0.25, -0.2) is 4.39 Å². The van der Waals surface area contributed by atoms with Crippen LogP contribution in [0.1, 0.15) is 16.7 Å². The van der Waals surface area contributed by atoms with Gasteiger partial charge in [0.2, 0.25) is 0 Å². The first-order chi connectivity index (χ1) is 9.60. The molecule has 0 aliphatic carbocycles. The Kier molecular flexibility index (Phi) is 4.73. The van der Waals surface area contributed by atoms with Gasteiger partial charge in [-0.2, -0.15) is 5.26 Å². The van der Waals surface area contributed by atoms with Crippen LogP contribution >= 0.6 is 11.6 Å². The second kappa shape index (κ2) is 6.51. The van der Waals surface area contributed by atoms with Crippen molar-refractivity contribution in [2.24, 2.45) is 0 Å². The van der Waals surface area contributed by atoms with E-state index >= 15 is 0 Å². The molecular formula is C16H14ClFN2. The summed E-state index contributed by atoms with van der Waals surface area (Å²) in [6.07, 6.45) is 0. The van der Waals surface area contributed by atoms with Gasteiger partial charge in [-0.1, -0.05) is 29.8 Å². The maximum Gasteiger partial charge on any atom is 0.129 e. The zero-order valence-electron chi connectivity index (χ0n) is 11.1. The summed E-state index contributed by atoms with van der Waals surface area (Å²) in [7, 11) is 1.89. The van der Waals surface area contributed by atoms with Crippen molar-refractivity contribution in [2.75, 3.05) is 7.05 Å². The standard InChI is InChI=1S/C16H14ClFN2/c1-20(10-13-5-2-4-12(8-13)9-19)11-14-15(17)6-3-7-16(14)18/h2-8H,10-11H2,1H3. The highest BCUT2D eigenvalue weighted by atomic mass is 35.5. The van der Waals surface area contributed by atoms with Gasteiger partial charge in [-0.05, 0) is 36.9 Å². The van der Waals surface area contributed by atoms with Crippen LogP contribution in [0.25, 0.3) is 0 Å². The van der Waals surface area contributed by atoms with E-state index < -0.39 is 0 Å². The van der Waals surface area contributed by atoms with E-state index in [1.807, 2.05) is 30.1 Å². The SMILES string of the molecule is CN(Cc1cccc(C#N)c1)Cc1c(F)cccc1Cl. The van der Waals surface area contributed by atoms with Gasteiger partial charge in [-0.3, -0.25) is 4.90 Å². The van der Waals surface area contributed by atoms with Crippen LogP contribution in [0.2, 0.25) is 5.02 Å². The topological polar surface area (TPSA) is 27.0 Å². The first-order valence-electron chi connectivity index (χ1n) is 6.20. The first kappa shape index (κ1) is 14.5. The Bertz CT molecular complexity index is 629. The van der Waals surface area contributed by atoms with Gasteiger partial charge in [0.05, 0.1) is 11.6 Å². The average Bonchev–Trinajstić information content (AvgIpc) is 2.43. The van der Waals surface area contributed by atoms with E-state index in [2.05, 4.69) is 6.07 Å². The molecule has 0 amide bonds. The van der Waals surface area contributed by atoms with Crippen molar-refractivity contribution < 1.29 is 4.39 Å². The van der Waals surface area contributed by atoms with Gasteiger partial charge in [0.25, 0.3) is 0 Å². The lowest BCUT2D eigenvalue weighted by Crippen LogP contribution is -2.18. The molecule has 102 valence electrons. The lowest BCUT2D eigenvalue weighted by atomic mass is 10.1. The van der Waals surface area contributed by atoms with Crippen molar-refractivity contribution in [3.8, 4) is 6.07 Å². The fourth-order valence-electron chi connectivity index (χ4n) is 2.06. The Morgan fingerprint density at radius 1 is 1.20 bits per heavy atom. The second-order valence-electron chi connectivity index (χ2n) is 4.68. The summed E-state index contributed by atoms with van der Waals surface area (Å²) in [6, 6.07) is 14.2. The minimum absolute atomic E-state index is 0.296. The average molecular weight is 289 g/mol. The summed E-state index contributed by atoms with van der Waals surface area (Å²) in [6.45, 7) is 1.04. The molecule has 0 fully saturated rings. The van der Waals surface area contributed by atoms with Crippen molar-refractivity contribution in [1.29, 1.82) is 5.26 Å². The molecule has 0 bridgehead atoms. The van der Waals surface area contributed by atoms with Crippen LogP contribution in [-0.2, 0) is 13.1 Å². The summed E-state index contributed by atoms with van der Waals surface area (Å²) in [4.78, 5) is 1.96. The number of hydrogen-bond acceptors (Lipinski definition) is 2. The molecule has 0 aliphatic heterocycles. The zero-order chi connectivity index (χ0) is 14.5. The quantitative estimate of drug-likeness (QED) is 0.851. The van der Waals surface area contributed by atoms with Crippen LogP contribution < -0.4 is 0 Å². The van der Waals surface area contributed by atoms with Gasteiger partial charge in [0.1, 0.15) is 5.82 Å². The van der Waals surface area contributed by atoms with Crippen LogP contribution in [0.5, 0.6) is 0 Å². The Morgan fingerprint density at radius 2 is 1.95 bits per heavy atom. The number of benzene rings is 2. The molecule has 0 radical (unpaired) electrons. The van der Waals surface area contributed by atoms with Crippen molar-refractivity contribution in [3.63, 3.8) is 0 Å². The number of hydrogen-bond donors (Lipinski definition) is 0. The van der Waals surface area contributed by atoms with E-state index in [0.29, 0.717) is 29.2 Å². The van der Waals surface area contributed by atoms with Crippen LogP contribution in [0.4, 0.5) is 4.39 Å². The lowest BCUT2D eigenvalue weighted by Gasteiger charge is -2.18. The van der Waals surface area contributed by atoms with Crippen LogP contribution in [-0.4, -0.2) is 11.9 Å². The molecule has 0 saturated carbocycles. The fraction of sp³-hybridized carbons (Fsp3) is 0.188. The summed E-state index contributed by atoms with van der Waals surface area (Å²) < 4.78 is 13.7. The Hall–Kier alpha value is -1.89. The molecule has 0 heterocycles. The normalized spacial score (nSPS) is 10.6. The van der Waals surface area contributed by atoms with E-state index in [1.54, 1.807) is 18.2 Å². The van der Waals surface area contributed by atoms with E-state index in [1.165, 1.54) is 6.07 Å². The molecule has 0 spiro atoms. The van der Waals surface area contributed by atoms with Crippen LogP contribution in [0, 0.1) is 17.1 Å². The third-order valence-corrected chi connectivity index (χ3v) is 3.35. The summed E-state index contributed by atoms with van der Waals surface area (Å²) in [5.74, 6) is -0.296. The van der Waals surface area contributed by atoms with E-state index in [0.717, 1.165) is 5.56 Å². The highest BCUT2D eigenvalue weighted by Crippen LogP contribution is 2.21. The fourth-order valence-corrected chi connectivity index (χ4v) is 2.28. The maximum atomic E-state index is 13.7. The van der Waals surface area contributed by atoms with Crippen LogP contribution in [0.3, 0.4) is 0 Å². The van der Waals surface area contributed by atoms with E-state index in [4.69, 9.17) is 16.9 Å². The molecule has 0 N–H and O–H groups in total. The highest BCUT2D eigenvalue weighted by molar-refractivity contribution is 6.31. The molecule has 0 aromatic heterocycles. The predicted octanol–water partition coefficient (Wildman–Crippen LogP) is 3.98. The third-order valence-electron chi connectivity index (χ3n) is 3.00. The third kappa shape index (κ3) is 3.57. The number of nitriles is 1. The van der Waals surface area contributed by atoms with Crippen LogP contribution in [0.15, 0.2) is 42.5 Å². The number of halogens is 2. The van der Waals surface area contributed by atoms with Crippen molar-refractivity contribution in [3.05, 3.63) is 70.0 Å². The monoisotopic (exact) mass is 288 g/mol. The molecular weight excluding hydrogens is 275 g/mol. The van der Waals surface area contributed by atoms with E-state index in [-0.39, 0.29) is 5.82 Å². The molecule has 4 heteroatoms. The summed E-state index contributed by atoms with van der Waals surface area (Å²) in [5, 5.41) is 9.31. The van der Waals surface area contributed by atoms with Gasteiger partial charge in [0.15, 0.2) is 0 Å². The number of rotatable bonds is 4. The van der Waals surface area contributed by atoms with Gasteiger partial charge in [-0.15, -0.1) is 0 Å². The van der Waals surface area contributed by atoms with Gasteiger partial charge in [0, 0.05) is 23.7 Å². The summed E-state index contributed by atoms with van der Waals surface area (Å²) in [5.41, 5.74) is 2.13. The predicted molar refractivity (Wildman–Crippen MR) is 77.7 cm³/mol. The van der Waals surface area contributed by atoms with Crippen molar-refractivity contribution in [1.82, 2.24) is 4.90 Å². The molecule has 0 aliphatic rings. The lowest BCUT2D eigenvalue weighted by molar-refractivity contribution is 0.313. The molecule has 2 aromatic rings. The smallest absolute Gasteiger partial charge is 0.129 e. The van der Waals surface area contributed by atoms with Gasteiger partial charge < -0.3 is 0 Å². The van der Waals surface area contributed by atoms with Gasteiger partial charge >= 0.3 is 0 Å². The van der Waals surface area contributed by atoms with E-state index in [9.17, 15) is 4.39 Å². The molecule has 0 saturated heterocycles. The molecule has 0 unspecified atom stereocenters. The molecule has 20 heavy (non-hydrogen) atoms. The second-order valence-corrected chi connectivity index (χ2v) is 5.09. The van der Waals surface area contributed by atoms with Crippen molar-refractivity contribution >= 4 is 11.6 Å². The first-order valence-corrected chi connectivity index (χ1v) is 6.58.